The lowest BCUT2D eigenvalue weighted by Crippen LogP contribution is -2.53. The third-order valence-electron chi connectivity index (χ3n) is 2.93. The molecule has 0 N–H and O–H groups in total. The first-order chi connectivity index (χ1) is 7.61. The van der Waals surface area contributed by atoms with E-state index >= 15 is 0 Å². The molecule has 2 unspecified atom stereocenters. The zero-order valence-electron chi connectivity index (χ0n) is 10.4. The Hall–Kier alpha value is -0.543. The van der Waals surface area contributed by atoms with Gasteiger partial charge in [-0.05, 0) is 38.9 Å². The van der Waals surface area contributed by atoms with E-state index in [0.717, 1.165) is 0 Å². The quantitative estimate of drug-likeness (QED) is 0.710. The highest BCUT2D eigenvalue weighted by molar-refractivity contribution is 6.69. The molecule has 2 atom stereocenters. The molecule has 0 spiro atoms. The van der Waals surface area contributed by atoms with Crippen molar-refractivity contribution in [2.75, 3.05) is 0 Å². The molecule has 0 aromatic heterocycles. The molecule has 6 heteroatoms. The predicted molar refractivity (Wildman–Crippen MR) is 60.8 cm³/mol. The van der Waals surface area contributed by atoms with Crippen molar-refractivity contribution >= 4 is 8.32 Å². The summed E-state index contributed by atoms with van der Waals surface area (Å²) in [6, 6.07) is 1.82. The molecular formula is C11H18F3NOSi. The van der Waals surface area contributed by atoms with Crippen molar-refractivity contribution in [1.82, 2.24) is 0 Å². The van der Waals surface area contributed by atoms with E-state index in [1.54, 1.807) is 0 Å². The van der Waals surface area contributed by atoms with Gasteiger partial charge in [-0.3, -0.25) is 0 Å². The Balaban J connectivity index is 3.05. The number of nitrogens with zero attached hydrogens (tertiary/aromatic N) is 1. The molecule has 1 aliphatic carbocycles. The Bertz CT molecular complexity index is 318. The molecule has 0 aromatic rings. The molecule has 0 aliphatic heterocycles. The van der Waals surface area contributed by atoms with Gasteiger partial charge in [0.05, 0.1) is 12.0 Å². The highest BCUT2D eigenvalue weighted by atomic mass is 28.4. The predicted octanol–water partition coefficient (Wildman–Crippen LogP) is 3.85. The van der Waals surface area contributed by atoms with E-state index in [1.165, 1.54) is 0 Å². The van der Waals surface area contributed by atoms with Gasteiger partial charge in [-0.2, -0.15) is 18.4 Å². The molecule has 17 heavy (non-hydrogen) atoms. The topological polar surface area (TPSA) is 33.0 Å². The molecule has 0 heterocycles. The van der Waals surface area contributed by atoms with E-state index in [-0.39, 0.29) is 12.8 Å². The fourth-order valence-corrected chi connectivity index (χ4v) is 3.78. The Labute approximate surface area is 101 Å². The van der Waals surface area contributed by atoms with Crippen LogP contribution in [0, 0.1) is 17.2 Å². The van der Waals surface area contributed by atoms with Gasteiger partial charge in [0, 0.05) is 0 Å². The Kier molecular flexibility index (Phi) is 3.94. The monoisotopic (exact) mass is 265 g/mol. The first kappa shape index (κ1) is 14.5. The van der Waals surface area contributed by atoms with Crippen LogP contribution < -0.4 is 0 Å². The van der Waals surface area contributed by atoms with Crippen LogP contribution in [0.15, 0.2) is 0 Å². The molecule has 2 nitrogen and oxygen atoms in total. The fourth-order valence-electron chi connectivity index (χ4n) is 2.40. The Morgan fingerprint density at radius 3 is 2.29 bits per heavy atom. The summed E-state index contributed by atoms with van der Waals surface area (Å²) in [5.41, 5.74) is -1.65. The SMILES string of the molecule is C[Si](C)(C)OC1(C#N)CCCCC1C(F)(F)F. The van der Waals surface area contributed by atoms with Crippen molar-refractivity contribution in [2.45, 2.75) is 57.1 Å². The van der Waals surface area contributed by atoms with Crippen LogP contribution in [-0.4, -0.2) is 20.1 Å². The lowest BCUT2D eigenvalue weighted by atomic mass is 9.76. The fraction of sp³-hybridized carbons (Fsp3) is 0.909. The van der Waals surface area contributed by atoms with Crippen LogP contribution in [0.2, 0.25) is 19.6 Å². The molecule has 0 radical (unpaired) electrons. The molecule has 0 bridgehead atoms. The highest BCUT2D eigenvalue weighted by Crippen LogP contribution is 2.46. The van der Waals surface area contributed by atoms with Crippen molar-refractivity contribution in [1.29, 1.82) is 5.26 Å². The summed E-state index contributed by atoms with van der Waals surface area (Å²) in [7, 11) is -2.18. The molecule has 0 saturated heterocycles. The summed E-state index contributed by atoms with van der Waals surface area (Å²) < 4.78 is 44.6. The number of halogens is 3. The average Bonchev–Trinajstić information content (AvgIpc) is 2.14. The second-order valence-corrected chi connectivity index (χ2v) is 9.98. The minimum absolute atomic E-state index is 0.00153. The number of nitriles is 1. The second kappa shape index (κ2) is 4.62. The smallest absolute Gasteiger partial charge is 0.395 e. The minimum Gasteiger partial charge on any atom is -0.399 e. The van der Waals surface area contributed by atoms with Gasteiger partial charge in [0.2, 0.25) is 0 Å². The number of hydrogen-bond acceptors (Lipinski definition) is 2. The van der Waals surface area contributed by atoms with Gasteiger partial charge in [0.15, 0.2) is 13.9 Å². The zero-order valence-corrected chi connectivity index (χ0v) is 11.4. The molecule has 0 amide bonds. The van der Waals surface area contributed by atoms with Gasteiger partial charge in [0.25, 0.3) is 0 Å². The van der Waals surface area contributed by atoms with E-state index in [1.807, 2.05) is 25.7 Å². The maximum absolute atomic E-state index is 13.0. The lowest BCUT2D eigenvalue weighted by molar-refractivity contribution is -0.219. The maximum Gasteiger partial charge on any atom is 0.395 e. The van der Waals surface area contributed by atoms with E-state index in [2.05, 4.69) is 0 Å². The van der Waals surface area contributed by atoms with Crippen molar-refractivity contribution in [3.8, 4) is 6.07 Å². The van der Waals surface area contributed by atoms with E-state index in [0.29, 0.717) is 12.8 Å². The van der Waals surface area contributed by atoms with Crippen LogP contribution >= 0.6 is 0 Å². The summed E-state index contributed by atoms with van der Waals surface area (Å²) in [4.78, 5) is 0. The van der Waals surface area contributed by atoms with Crippen LogP contribution in [0.25, 0.3) is 0 Å². The number of alkyl halides is 3. The van der Waals surface area contributed by atoms with Crippen molar-refractivity contribution in [2.24, 2.45) is 5.92 Å². The Morgan fingerprint density at radius 2 is 1.88 bits per heavy atom. The van der Waals surface area contributed by atoms with Crippen molar-refractivity contribution in [3.05, 3.63) is 0 Å². The van der Waals surface area contributed by atoms with Gasteiger partial charge in [-0.25, -0.2) is 0 Å². The summed E-state index contributed by atoms with van der Waals surface area (Å²) in [6.07, 6.45) is -3.01. The van der Waals surface area contributed by atoms with Crippen molar-refractivity contribution < 1.29 is 17.6 Å². The standard InChI is InChI=1S/C11H18F3NOSi/c1-17(2,3)16-10(8-15)7-5-4-6-9(10)11(12,13)14/h9H,4-7H2,1-3H3. The minimum atomic E-state index is -4.35. The first-order valence-corrected chi connectivity index (χ1v) is 9.20. The largest absolute Gasteiger partial charge is 0.399 e. The van der Waals surface area contributed by atoms with Gasteiger partial charge in [0.1, 0.15) is 0 Å². The number of rotatable bonds is 2. The number of hydrogen-bond donors (Lipinski definition) is 0. The molecule has 1 rings (SSSR count). The van der Waals surface area contributed by atoms with E-state index < -0.39 is 26.0 Å². The van der Waals surface area contributed by atoms with Gasteiger partial charge < -0.3 is 4.43 Å². The van der Waals surface area contributed by atoms with E-state index in [4.69, 9.17) is 4.43 Å². The molecule has 1 saturated carbocycles. The first-order valence-electron chi connectivity index (χ1n) is 5.79. The lowest BCUT2D eigenvalue weighted by Gasteiger charge is -2.43. The summed E-state index contributed by atoms with van der Waals surface area (Å²) in [6.45, 7) is 5.44. The maximum atomic E-state index is 13.0. The zero-order chi connectivity index (χ0) is 13.3. The molecule has 1 aliphatic rings. The summed E-state index contributed by atoms with van der Waals surface area (Å²) >= 11 is 0. The third-order valence-corrected chi connectivity index (χ3v) is 3.90. The third kappa shape index (κ3) is 3.46. The second-order valence-electron chi connectivity index (χ2n) is 5.56. The van der Waals surface area contributed by atoms with Crippen LogP contribution in [0.5, 0.6) is 0 Å². The van der Waals surface area contributed by atoms with Crippen LogP contribution in [0.1, 0.15) is 25.7 Å². The molecular weight excluding hydrogens is 247 g/mol. The molecule has 98 valence electrons. The van der Waals surface area contributed by atoms with Gasteiger partial charge >= 0.3 is 6.18 Å². The van der Waals surface area contributed by atoms with Crippen molar-refractivity contribution in [3.63, 3.8) is 0 Å². The summed E-state index contributed by atoms with van der Waals surface area (Å²) in [5, 5.41) is 9.19. The average molecular weight is 265 g/mol. The van der Waals surface area contributed by atoms with Crippen LogP contribution in [-0.2, 0) is 4.43 Å². The van der Waals surface area contributed by atoms with E-state index in [9.17, 15) is 18.4 Å². The normalized spacial score (nSPS) is 31.0. The van der Waals surface area contributed by atoms with Gasteiger partial charge in [-0.1, -0.05) is 6.42 Å². The molecule has 1 fully saturated rings. The van der Waals surface area contributed by atoms with Crippen LogP contribution in [0.4, 0.5) is 13.2 Å². The van der Waals surface area contributed by atoms with Crippen LogP contribution in [0.3, 0.4) is 0 Å². The molecule has 0 aromatic carbocycles. The Morgan fingerprint density at radius 1 is 1.29 bits per heavy atom. The van der Waals surface area contributed by atoms with Gasteiger partial charge in [-0.15, -0.1) is 0 Å². The summed E-state index contributed by atoms with van der Waals surface area (Å²) in [5.74, 6) is -1.64. The highest BCUT2D eigenvalue weighted by Gasteiger charge is 2.56.